The van der Waals surface area contributed by atoms with Crippen molar-refractivity contribution in [1.82, 2.24) is 5.32 Å². The Balaban J connectivity index is 2.18. The van der Waals surface area contributed by atoms with E-state index in [2.05, 4.69) is 10.1 Å². The lowest BCUT2D eigenvalue weighted by Gasteiger charge is -2.18. The van der Waals surface area contributed by atoms with Crippen molar-refractivity contribution in [2.45, 2.75) is 12.5 Å². The SMILES string of the molecule is COC(=O)CC(NC(=O)c1ccc(C(=O)OC)cc1)c1ccc(Cl)cc1. The quantitative estimate of drug-likeness (QED) is 0.784. The molecule has 0 aliphatic heterocycles. The second-order valence-electron chi connectivity index (χ2n) is 5.43. The molecule has 2 aromatic carbocycles. The third-order valence-corrected chi connectivity index (χ3v) is 4.00. The zero-order valence-electron chi connectivity index (χ0n) is 14.3. The van der Waals surface area contributed by atoms with Crippen molar-refractivity contribution in [3.63, 3.8) is 0 Å². The van der Waals surface area contributed by atoms with Crippen LogP contribution in [0.3, 0.4) is 0 Å². The van der Waals surface area contributed by atoms with Gasteiger partial charge in [0.05, 0.1) is 32.2 Å². The average Bonchev–Trinajstić information content (AvgIpc) is 2.67. The van der Waals surface area contributed by atoms with Crippen LogP contribution in [0, 0.1) is 0 Å². The number of hydrogen-bond acceptors (Lipinski definition) is 5. The fourth-order valence-electron chi connectivity index (χ4n) is 2.31. The van der Waals surface area contributed by atoms with Crippen molar-refractivity contribution in [3.05, 3.63) is 70.2 Å². The van der Waals surface area contributed by atoms with E-state index < -0.39 is 18.0 Å². The van der Waals surface area contributed by atoms with Crippen LogP contribution >= 0.6 is 11.6 Å². The Hall–Kier alpha value is -2.86. The van der Waals surface area contributed by atoms with Gasteiger partial charge in [-0.05, 0) is 42.0 Å². The lowest BCUT2D eigenvalue weighted by molar-refractivity contribution is -0.141. The van der Waals surface area contributed by atoms with Crippen molar-refractivity contribution in [3.8, 4) is 0 Å². The first-order valence-electron chi connectivity index (χ1n) is 7.76. The molecule has 1 amide bonds. The van der Waals surface area contributed by atoms with Crippen LogP contribution in [0.25, 0.3) is 0 Å². The summed E-state index contributed by atoms with van der Waals surface area (Å²) in [5.74, 6) is -1.32. The third-order valence-electron chi connectivity index (χ3n) is 3.74. The molecule has 0 aliphatic carbocycles. The monoisotopic (exact) mass is 375 g/mol. The summed E-state index contributed by atoms with van der Waals surface area (Å²) in [6.45, 7) is 0. The second-order valence-corrected chi connectivity index (χ2v) is 5.86. The normalized spacial score (nSPS) is 11.3. The van der Waals surface area contributed by atoms with Gasteiger partial charge in [0, 0.05) is 10.6 Å². The number of ether oxygens (including phenoxy) is 2. The van der Waals surface area contributed by atoms with Crippen LogP contribution in [0.5, 0.6) is 0 Å². The Kier molecular flexibility index (Phi) is 6.74. The molecule has 0 saturated heterocycles. The van der Waals surface area contributed by atoms with Crippen LogP contribution in [-0.4, -0.2) is 32.1 Å². The van der Waals surface area contributed by atoms with E-state index >= 15 is 0 Å². The highest BCUT2D eigenvalue weighted by Crippen LogP contribution is 2.21. The maximum atomic E-state index is 12.5. The molecule has 26 heavy (non-hydrogen) atoms. The molecule has 1 atom stereocenters. The minimum atomic E-state index is -0.576. The fraction of sp³-hybridized carbons (Fsp3) is 0.211. The molecule has 7 heteroatoms. The number of rotatable bonds is 6. The van der Waals surface area contributed by atoms with Crippen LogP contribution in [0.2, 0.25) is 5.02 Å². The number of amides is 1. The van der Waals surface area contributed by atoms with E-state index in [9.17, 15) is 14.4 Å². The van der Waals surface area contributed by atoms with Crippen molar-refractivity contribution in [2.24, 2.45) is 0 Å². The Bertz CT molecular complexity index is 787. The van der Waals surface area contributed by atoms with Gasteiger partial charge in [-0.2, -0.15) is 0 Å². The van der Waals surface area contributed by atoms with Crippen molar-refractivity contribution < 1.29 is 23.9 Å². The van der Waals surface area contributed by atoms with Gasteiger partial charge in [0.25, 0.3) is 5.91 Å². The van der Waals surface area contributed by atoms with Gasteiger partial charge in [0.1, 0.15) is 0 Å². The summed E-state index contributed by atoms with van der Waals surface area (Å²) in [5.41, 5.74) is 1.41. The first-order valence-corrected chi connectivity index (χ1v) is 8.14. The summed E-state index contributed by atoms with van der Waals surface area (Å²) >= 11 is 5.89. The molecular weight excluding hydrogens is 358 g/mol. The van der Waals surface area contributed by atoms with E-state index in [1.54, 1.807) is 24.3 Å². The van der Waals surface area contributed by atoms with Crippen LogP contribution in [-0.2, 0) is 14.3 Å². The summed E-state index contributed by atoms with van der Waals surface area (Å²) in [7, 11) is 2.57. The molecule has 2 aromatic rings. The summed E-state index contributed by atoms with van der Waals surface area (Å²) in [6.07, 6.45) is -0.0237. The first kappa shape index (κ1) is 19.5. The van der Waals surface area contributed by atoms with Gasteiger partial charge in [-0.3, -0.25) is 9.59 Å². The molecule has 0 bridgehead atoms. The molecule has 0 heterocycles. The predicted molar refractivity (Wildman–Crippen MR) is 96.1 cm³/mol. The number of halogens is 1. The molecule has 0 fully saturated rings. The van der Waals surface area contributed by atoms with Crippen LogP contribution in [0.4, 0.5) is 0 Å². The first-order chi connectivity index (χ1) is 12.4. The standard InChI is InChI=1S/C19H18ClNO5/c1-25-17(22)11-16(12-7-9-15(20)10-8-12)21-18(23)13-3-5-14(6-4-13)19(24)26-2/h3-10,16H,11H2,1-2H3,(H,21,23). The largest absolute Gasteiger partial charge is 0.469 e. The molecule has 1 unspecified atom stereocenters. The number of benzene rings is 2. The molecule has 0 radical (unpaired) electrons. The van der Waals surface area contributed by atoms with E-state index in [1.807, 2.05) is 0 Å². The highest BCUT2D eigenvalue weighted by molar-refractivity contribution is 6.30. The molecule has 0 saturated carbocycles. The van der Waals surface area contributed by atoms with Crippen LogP contribution in [0.15, 0.2) is 48.5 Å². The molecule has 0 spiro atoms. The van der Waals surface area contributed by atoms with Crippen LogP contribution in [0.1, 0.15) is 38.7 Å². The number of nitrogens with one attached hydrogen (secondary N) is 1. The molecule has 1 N–H and O–H groups in total. The summed E-state index contributed by atoms with van der Waals surface area (Å²) in [5, 5.41) is 3.35. The number of carbonyl (C=O) groups is 3. The summed E-state index contributed by atoms with van der Waals surface area (Å²) in [4.78, 5) is 35.6. The lowest BCUT2D eigenvalue weighted by atomic mass is 10.0. The molecular formula is C19H18ClNO5. The van der Waals surface area contributed by atoms with E-state index in [1.165, 1.54) is 38.5 Å². The molecule has 0 aliphatic rings. The molecule has 136 valence electrons. The fourth-order valence-corrected chi connectivity index (χ4v) is 2.44. The molecule has 2 rings (SSSR count). The van der Waals surface area contributed by atoms with Gasteiger partial charge < -0.3 is 14.8 Å². The Labute approximate surface area is 156 Å². The Morgan fingerprint density at radius 1 is 0.923 bits per heavy atom. The second kappa shape index (κ2) is 9.01. The van der Waals surface area contributed by atoms with Crippen molar-refractivity contribution in [1.29, 1.82) is 0 Å². The van der Waals surface area contributed by atoms with Crippen molar-refractivity contribution in [2.75, 3.05) is 14.2 Å². The van der Waals surface area contributed by atoms with Gasteiger partial charge in [-0.1, -0.05) is 23.7 Å². The minimum Gasteiger partial charge on any atom is -0.469 e. The number of esters is 2. The maximum Gasteiger partial charge on any atom is 0.337 e. The lowest BCUT2D eigenvalue weighted by Crippen LogP contribution is -2.30. The number of methoxy groups -OCH3 is 2. The van der Waals surface area contributed by atoms with Gasteiger partial charge in [-0.15, -0.1) is 0 Å². The van der Waals surface area contributed by atoms with Gasteiger partial charge in [0.15, 0.2) is 0 Å². The zero-order valence-corrected chi connectivity index (χ0v) is 15.1. The third kappa shape index (κ3) is 5.07. The summed E-state index contributed by atoms with van der Waals surface area (Å²) < 4.78 is 9.32. The highest BCUT2D eigenvalue weighted by atomic mass is 35.5. The highest BCUT2D eigenvalue weighted by Gasteiger charge is 2.20. The smallest absolute Gasteiger partial charge is 0.337 e. The van der Waals surface area contributed by atoms with Gasteiger partial charge in [0.2, 0.25) is 0 Å². The maximum absolute atomic E-state index is 12.5. The van der Waals surface area contributed by atoms with E-state index in [-0.39, 0.29) is 12.3 Å². The van der Waals surface area contributed by atoms with E-state index in [0.29, 0.717) is 16.1 Å². The Morgan fingerprint density at radius 3 is 2.04 bits per heavy atom. The summed E-state index contributed by atoms with van der Waals surface area (Å²) in [6, 6.07) is 12.3. The number of hydrogen-bond donors (Lipinski definition) is 1. The molecule has 6 nitrogen and oxygen atoms in total. The number of carbonyl (C=O) groups excluding carboxylic acids is 3. The Morgan fingerprint density at radius 2 is 1.50 bits per heavy atom. The van der Waals surface area contributed by atoms with Crippen molar-refractivity contribution >= 4 is 29.4 Å². The van der Waals surface area contributed by atoms with Gasteiger partial charge >= 0.3 is 11.9 Å². The van der Waals surface area contributed by atoms with Gasteiger partial charge in [-0.25, -0.2) is 4.79 Å². The average molecular weight is 376 g/mol. The predicted octanol–water partition coefficient (Wildman–Crippen LogP) is 3.16. The topological polar surface area (TPSA) is 81.7 Å². The van der Waals surface area contributed by atoms with E-state index in [4.69, 9.17) is 16.3 Å². The van der Waals surface area contributed by atoms with E-state index in [0.717, 1.165) is 5.56 Å². The van der Waals surface area contributed by atoms with Crippen LogP contribution < -0.4 is 5.32 Å². The minimum absolute atomic E-state index is 0.0237. The zero-order chi connectivity index (χ0) is 19.1. The molecule has 0 aromatic heterocycles.